The van der Waals surface area contributed by atoms with Crippen molar-refractivity contribution in [1.29, 1.82) is 0 Å². The number of hydrogen-bond acceptors (Lipinski definition) is 6. The van der Waals surface area contributed by atoms with E-state index in [0.717, 1.165) is 10.9 Å². The van der Waals surface area contributed by atoms with Crippen LogP contribution in [-0.2, 0) is 13.1 Å². The summed E-state index contributed by atoms with van der Waals surface area (Å²) in [6, 6.07) is 10.4. The number of anilines is 2. The molecule has 0 aliphatic heterocycles. The van der Waals surface area contributed by atoms with Crippen molar-refractivity contribution < 1.29 is 9.50 Å². The summed E-state index contributed by atoms with van der Waals surface area (Å²) in [5, 5.41) is 17.2. The average Bonchev–Trinajstić information content (AvgIpc) is 3.16. The Morgan fingerprint density at radius 2 is 2.11 bits per heavy atom. The largest absolute Gasteiger partial charge is 0.396 e. The molecule has 3 heterocycles. The van der Waals surface area contributed by atoms with Crippen LogP contribution in [0.2, 0.25) is 0 Å². The highest BCUT2D eigenvalue weighted by atomic mass is 19.1. The normalized spacial score (nSPS) is 11.1. The smallest absolute Gasteiger partial charge is 0.150 e. The van der Waals surface area contributed by atoms with E-state index in [0.29, 0.717) is 34.8 Å². The van der Waals surface area contributed by atoms with Crippen LogP contribution in [0.25, 0.3) is 22.2 Å². The number of aromatic nitrogens is 4. The summed E-state index contributed by atoms with van der Waals surface area (Å²) in [6.45, 7) is 0.660. The average molecular weight is 378 g/mol. The number of hydrogen-bond donors (Lipinski definition) is 3. The van der Waals surface area contributed by atoms with Crippen molar-refractivity contribution in [2.24, 2.45) is 0 Å². The first kappa shape index (κ1) is 17.9. The third kappa shape index (κ3) is 3.63. The molecule has 0 unspecified atom stereocenters. The van der Waals surface area contributed by atoms with Crippen LogP contribution in [0.4, 0.5) is 15.9 Å². The van der Waals surface area contributed by atoms with Crippen molar-refractivity contribution in [2.75, 3.05) is 17.7 Å². The summed E-state index contributed by atoms with van der Waals surface area (Å²) in [4.78, 5) is 8.70. The first-order chi connectivity index (χ1) is 13.6. The molecule has 4 aromatic rings. The zero-order valence-electron chi connectivity index (χ0n) is 15.0. The van der Waals surface area contributed by atoms with Crippen LogP contribution in [0.15, 0.2) is 55.0 Å². The van der Waals surface area contributed by atoms with Gasteiger partial charge in [0.15, 0.2) is 0 Å². The fraction of sp³-hybridized carbons (Fsp3) is 0.150. The van der Waals surface area contributed by atoms with Crippen molar-refractivity contribution in [3.8, 4) is 11.3 Å². The Balaban J connectivity index is 1.57. The predicted octanol–water partition coefficient (Wildman–Crippen LogP) is 2.82. The summed E-state index contributed by atoms with van der Waals surface area (Å²) in [7, 11) is 0. The molecule has 7 nitrogen and oxygen atoms in total. The molecule has 0 fully saturated rings. The highest BCUT2D eigenvalue weighted by molar-refractivity contribution is 5.79. The van der Waals surface area contributed by atoms with E-state index >= 15 is 0 Å². The maximum Gasteiger partial charge on any atom is 0.150 e. The Hall–Kier alpha value is -3.52. The maximum atomic E-state index is 14.4. The number of nitrogens with two attached hydrogens (primary N) is 1. The lowest BCUT2D eigenvalue weighted by molar-refractivity contribution is 0.269. The number of aliphatic hydroxyl groups excluding tert-OH is 1. The third-order valence-corrected chi connectivity index (χ3v) is 4.40. The minimum Gasteiger partial charge on any atom is -0.396 e. The van der Waals surface area contributed by atoms with E-state index in [-0.39, 0.29) is 19.0 Å². The van der Waals surface area contributed by atoms with Gasteiger partial charge in [-0.15, -0.1) is 0 Å². The number of pyridine rings is 2. The second kappa shape index (κ2) is 7.61. The molecule has 142 valence electrons. The third-order valence-electron chi connectivity index (χ3n) is 4.40. The van der Waals surface area contributed by atoms with Gasteiger partial charge in [0.25, 0.3) is 0 Å². The SMILES string of the molecule is Nc1ccc(-c2cnn(CCO)c2)nc1NCc1cc2cccnc2cc1F. The summed E-state index contributed by atoms with van der Waals surface area (Å²) in [5.41, 5.74) is 9.10. The van der Waals surface area contributed by atoms with Crippen LogP contribution in [0, 0.1) is 5.82 Å². The molecule has 8 heteroatoms. The van der Waals surface area contributed by atoms with Gasteiger partial charge in [-0.25, -0.2) is 9.37 Å². The molecular weight excluding hydrogens is 359 g/mol. The summed E-state index contributed by atoms with van der Waals surface area (Å²) in [6.07, 6.45) is 5.11. The number of benzene rings is 1. The number of nitrogens with one attached hydrogen (secondary N) is 1. The maximum absolute atomic E-state index is 14.4. The molecule has 0 bridgehead atoms. The van der Waals surface area contributed by atoms with Gasteiger partial charge in [-0.1, -0.05) is 6.07 Å². The van der Waals surface area contributed by atoms with Gasteiger partial charge >= 0.3 is 0 Å². The molecule has 28 heavy (non-hydrogen) atoms. The standard InChI is InChI=1S/C20H19FN6O/c21-16-9-19-13(2-1-5-23-19)8-14(16)10-24-20-17(22)3-4-18(26-20)15-11-25-27(12-15)6-7-28/h1-5,8-9,11-12,28H,6-7,10,22H2,(H,24,26). The van der Waals surface area contributed by atoms with Crippen molar-refractivity contribution >= 4 is 22.4 Å². The zero-order valence-corrected chi connectivity index (χ0v) is 15.0. The van der Waals surface area contributed by atoms with E-state index in [1.807, 2.05) is 12.1 Å². The quantitative estimate of drug-likeness (QED) is 0.477. The Labute approximate surface area is 160 Å². The fourth-order valence-electron chi connectivity index (χ4n) is 2.95. The first-order valence-electron chi connectivity index (χ1n) is 8.81. The lowest BCUT2D eigenvalue weighted by Gasteiger charge is -2.11. The van der Waals surface area contributed by atoms with Crippen LogP contribution in [0.5, 0.6) is 0 Å². The molecule has 0 saturated heterocycles. The summed E-state index contributed by atoms with van der Waals surface area (Å²) >= 11 is 0. The van der Waals surface area contributed by atoms with Crippen LogP contribution >= 0.6 is 0 Å². The van der Waals surface area contributed by atoms with Gasteiger partial charge in [0, 0.05) is 41.5 Å². The number of rotatable bonds is 6. The highest BCUT2D eigenvalue weighted by Gasteiger charge is 2.10. The molecule has 0 spiro atoms. The Morgan fingerprint density at radius 3 is 2.96 bits per heavy atom. The van der Waals surface area contributed by atoms with Gasteiger partial charge in [0.1, 0.15) is 11.6 Å². The molecule has 0 aliphatic rings. The van der Waals surface area contributed by atoms with E-state index in [1.165, 1.54) is 6.07 Å². The molecule has 4 rings (SSSR count). The van der Waals surface area contributed by atoms with Crippen molar-refractivity contribution in [2.45, 2.75) is 13.1 Å². The second-order valence-electron chi connectivity index (χ2n) is 6.34. The van der Waals surface area contributed by atoms with E-state index in [1.54, 1.807) is 41.5 Å². The first-order valence-corrected chi connectivity index (χ1v) is 8.81. The van der Waals surface area contributed by atoms with Crippen molar-refractivity contribution in [3.05, 3.63) is 66.4 Å². The molecule has 0 amide bonds. The molecule has 0 aliphatic carbocycles. The molecule has 0 saturated carbocycles. The summed E-state index contributed by atoms with van der Waals surface area (Å²) < 4.78 is 16.0. The number of halogens is 1. The molecular formula is C20H19FN6O. The van der Waals surface area contributed by atoms with E-state index in [4.69, 9.17) is 10.8 Å². The van der Waals surface area contributed by atoms with E-state index in [9.17, 15) is 4.39 Å². The number of aliphatic hydroxyl groups is 1. The Kier molecular flexibility index (Phi) is 4.86. The molecule has 1 aromatic carbocycles. The zero-order chi connectivity index (χ0) is 19.5. The second-order valence-corrected chi connectivity index (χ2v) is 6.34. The van der Waals surface area contributed by atoms with Gasteiger partial charge in [-0.2, -0.15) is 5.10 Å². The Morgan fingerprint density at radius 1 is 1.21 bits per heavy atom. The van der Waals surface area contributed by atoms with Gasteiger partial charge in [0.05, 0.1) is 36.2 Å². The van der Waals surface area contributed by atoms with Gasteiger partial charge < -0.3 is 16.2 Å². The lowest BCUT2D eigenvalue weighted by Crippen LogP contribution is -2.06. The summed E-state index contributed by atoms with van der Waals surface area (Å²) in [5.74, 6) is 0.136. The van der Waals surface area contributed by atoms with Gasteiger partial charge in [0.2, 0.25) is 0 Å². The monoisotopic (exact) mass is 378 g/mol. The number of nitrogen functional groups attached to an aromatic ring is 1. The molecule has 4 N–H and O–H groups in total. The lowest BCUT2D eigenvalue weighted by atomic mass is 10.1. The Bertz CT molecular complexity index is 1130. The minimum absolute atomic E-state index is 0.00986. The van der Waals surface area contributed by atoms with Crippen LogP contribution in [0.3, 0.4) is 0 Å². The predicted molar refractivity (Wildman–Crippen MR) is 106 cm³/mol. The molecule has 3 aromatic heterocycles. The number of fused-ring (bicyclic) bond motifs is 1. The topological polar surface area (TPSA) is 102 Å². The van der Waals surface area contributed by atoms with Gasteiger partial charge in [-0.3, -0.25) is 9.67 Å². The van der Waals surface area contributed by atoms with Crippen LogP contribution in [0.1, 0.15) is 5.56 Å². The van der Waals surface area contributed by atoms with Crippen LogP contribution < -0.4 is 11.1 Å². The minimum atomic E-state index is -0.335. The molecule has 0 atom stereocenters. The van der Waals surface area contributed by atoms with Crippen molar-refractivity contribution in [1.82, 2.24) is 19.7 Å². The number of nitrogens with zero attached hydrogens (tertiary/aromatic N) is 4. The van der Waals surface area contributed by atoms with E-state index in [2.05, 4.69) is 20.4 Å². The fourth-order valence-corrected chi connectivity index (χ4v) is 2.95. The van der Waals surface area contributed by atoms with Crippen molar-refractivity contribution in [3.63, 3.8) is 0 Å². The highest BCUT2D eigenvalue weighted by Crippen LogP contribution is 2.24. The van der Waals surface area contributed by atoms with Crippen LogP contribution in [-0.4, -0.2) is 31.5 Å². The molecule has 0 radical (unpaired) electrons. The van der Waals surface area contributed by atoms with Gasteiger partial charge in [-0.05, 0) is 24.3 Å². The van der Waals surface area contributed by atoms with E-state index < -0.39 is 0 Å².